The molecule has 0 bridgehead atoms. The van der Waals surface area contributed by atoms with E-state index in [2.05, 4.69) is 10.1 Å². The van der Waals surface area contributed by atoms with Gasteiger partial charge in [0.1, 0.15) is 8.42 Å². The van der Waals surface area contributed by atoms with Crippen molar-refractivity contribution in [2.45, 2.75) is 27.8 Å². The molecule has 0 spiro atoms. The molecule has 2 heterocycles. The van der Waals surface area contributed by atoms with Crippen LogP contribution in [0.5, 0.6) is 0 Å². The molecule has 0 aliphatic carbocycles. The molecule has 0 amide bonds. The lowest BCUT2D eigenvalue weighted by molar-refractivity contribution is 0.185. The van der Waals surface area contributed by atoms with Crippen LogP contribution in [0.3, 0.4) is 0 Å². The molecule has 1 aliphatic rings. The van der Waals surface area contributed by atoms with Crippen molar-refractivity contribution >= 4 is 31.4 Å². The van der Waals surface area contributed by atoms with Gasteiger partial charge in [-0.05, 0) is 19.0 Å². The minimum atomic E-state index is -5.08. The maximum Gasteiger partial charge on any atom is 0.252 e. The molecule has 3 N–H and O–H groups in total. The molecule has 1 atom stereocenters. The average molecular weight is 393 g/mol. The number of rotatable bonds is 7. The average Bonchev–Trinajstić information content (AvgIpc) is 2.92. The molecule has 0 saturated heterocycles. The van der Waals surface area contributed by atoms with Crippen molar-refractivity contribution in [1.29, 1.82) is 0 Å². The van der Waals surface area contributed by atoms with Crippen LogP contribution in [0.1, 0.15) is 37.3 Å². The number of hydrogen-bond acceptors (Lipinski definition) is 7. The molecule has 0 saturated carbocycles. The van der Waals surface area contributed by atoms with Gasteiger partial charge >= 0.3 is 0 Å². The third kappa shape index (κ3) is 3.92. The molecule has 1 aliphatic heterocycles. The number of methoxy groups -OCH3 is 1. The van der Waals surface area contributed by atoms with Gasteiger partial charge in [0.25, 0.3) is 10.0 Å². The van der Waals surface area contributed by atoms with E-state index in [1.807, 2.05) is 0 Å². The number of fused-ring (bicyclic) bond motifs is 1. The number of ether oxygens (including phenoxy) is 1. The molecule has 1 aromatic heterocycles. The van der Waals surface area contributed by atoms with Crippen LogP contribution in [0.25, 0.3) is 0 Å². The number of thiophene rings is 1. The highest BCUT2D eigenvalue weighted by Crippen LogP contribution is 2.39. The summed E-state index contributed by atoms with van der Waals surface area (Å²) >= 11 is 0.196. The third-order valence-corrected chi connectivity index (χ3v) is 7.46. The molecule has 2 rings (SSSR count). The highest BCUT2D eigenvalue weighted by Gasteiger charge is 2.39. The van der Waals surface area contributed by atoms with Crippen molar-refractivity contribution in [1.82, 2.24) is 9.62 Å². The summed E-state index contributed by atoms with van der Waals surface area (Å²) in [5.41, 5.74) is -0.278. The lowest BCUT2D eigenvalue weighted by Gasteiger charge is -2.32. The highest BCUT2D eigenvalue weighted by molar-refractivity contribution is 7.94. The Kier molecular flexibility index (Phi) is 3.04. The smallest absolute Gasteiger partial charge is 0.252 e. The quantitative estimate of drug-likeness (QED) is 0.679. The summed E-state index contributed by atoms with van der Waals surface area (Å²) in [4.78, 5) is 0. The molecule has 1 aromatic rings. The molecule has 132 valence electrons. The zero-order valence-corrected chi connectivity index (χ0v) is 14.3. The van der Waals surface area contributed by atoms with Gasteiger partial charge in [0.05, 0.1) is 6.85 Å². The zero-order chi connectivity index (χ0) is 25.1. The molecule has 8 nitrogen and oxygen atoms in total. The van der Waals surface area contributed by atoms with E-state index in [1.54, 1.807) is 6.92 Å². The number of nitrogens with zero attached hydrogens (tertiary/aromatic N) is 1. The van der Waals surface area contributed by atoms with Crippen LogP contribution in [0.15, 0.2) is 14.5 Å². The van der Waals surface area contributed by atoms with Gasteiger partial charge in [-0.1, -0.05) is 6.92 Å². The molecule has 0 radical (unpaired) electrons. The van der Waals surface area contributed by atoms with Gasteiger partial charge in [-0.3, -0.25) is 0 Å². The maximum atomic E-state index is 13.2. The van der Waals surface area contributed by atoms with Crippen molar-refractivity contribution in [3.63, 3.8) is 0 Å². The van der Waals surface area contributed by atoms with E-state index in [0.29, 0.717) is 0 Å². The molecule has 0 fully saturated rings. The van der Waals surface area contributed by atoms with E-state index >= 15 is 0 Å². The maximum absolute atomic E-state index is 13.2. The second kappa shape index (κ2) is 7.13. The van der Waals surface area contributed by atoms with Crippen molar-refractivity contribution in [2.75, 3.05) is 33.1 Å². The van der Waals surface area contributed by atoms with Gasteiger partial charge in [-0.2, -0.15) is 4.31 Å². The van der Waals surface area contributed by atoms with Crippen LogP contribution >= 0.6 is 11.3 Å². The summed E-state index contributed by atoms with van der Waals surface area (Å²) in [6, 6.07) is -0.663. The van der Waals surface area contributed by atoms with Gasteiger partial charge in [0.2, 0.25) is 10.0 Å². The summed E-state index contributed by atoms with van der Waals surface area (Å²) in [5.74, 6) is 0. The lowest BCUT2D eigenvalue weighted by atomic mass is 10.1. The Morgan fingerprint density at radius 2 is 2.43 bits per heavy atom. The molecule has 23 heavy (non-hydrogen) atoms. The van der Waals surface area contributed by atoms with E-state index in [0.717, 1.165) is 6.07 Å². The lowest BCUT2D eigenvalue weighted by Crippen LogP contribution is -2.43. The summed E-state index contributed by atoms with van der Waals surface area (Å²) in [6.07, 6.45) is -1.50. The van der Waals surface area contributed by atoms with Gasteiger partial charge < -0.3 is 10.1 Å². The number of nitrogens with one attached hydrogen (secondary N) is 1. The Labute approximate surface area is 153 Å². The van der Waals surface area contributed by atoms with Crippen LogP contribution < -0.4 is 10.5 Å². The van der Waals surface area contributed by atoms with Crippen LogP contribution in [0, 0.1) is 0 Å². The van der Waals surface area contributed by atoms with E-state index in [4.69, 9.17) is 17.5 Å². The van der Waals surface area contributed by atoms with Crippen LogP contribution in [-0.2, 0) is 24.8 Å². The monoisotopic (exact) mass is 392 g/mol. The van der Waals surface area contributed by atoms with Crippen molar-refractivity contribution in [3.05, 3.63) is 11.6 Å². The Hall–Kier alpha value is -0.560. The summed E-state index contributed by atoms with van der Waals surface area (Å²) in [7, 11) is -12.7. The predicted molar refractivity (Wildman–Crippen MR) is 87.4 cm³/mol. The second-order valence-electron chi connectivity index (χ2n) is 4.32. The number of nitrogens with two attached hydrogens (primary N) is 1. The molecule has 0 aromatic carbocycles. The van der Waals surface area contributed by atoms with E-state index in [1.165, 1.54) is 0 Å². The highest BCUT2D eigenvalue weighted by atomic mass is 32.3. The van der Waals surface area contributed by atoms with Crippen LogP contribution in [0.4, 0.5) is 0 Å². The zero-order valence-electron chi connectivity index (χ0n) is 20.9. The minimum Gasteiger partial charge on any atom is -0.385 e. The van der Waals surface area contributed by atoms with Crippen LogP contribution in [0.2, 0.25) is 0 Å². The Balaban J connectivity index is 2.71. The molecule has 0 unspecified atom stereocenters. The topological polar surface area (TPSA) is 119 Å². The molecular weight excluding hydrogens is 362 g/mol. The predicted octanol–water partition coefficient (Wildman–Crippen LogP) is 0.0869. The van der Waals surface area contributed by atoms with Gasteiger partial charge in [0.15, 0.2) is 0 Å². The first-order chi connectivity index (χ1) is 14.1. The standard InChI is InChI=1S/C12H21N3O5S3/c1-3-14-10-8-15(5-4-6-20-2)23(18,19)12-9(10)7-11(21-12)22(13,16)17/h7,10,14H,3-6,8H2,1-2H3,(H2,13,16,17)/t10-/m0/s1/i2D3,5D2,6D2,8D2. The fraction of sp³-hybridized carbons (Fsp3) is 0.667. The number of likely N-dealkylation sites (N-methyl/N-ethyl adjacent to an activating group) is 1. The minimum absolute atomic E-state index is 0.0735. The third-order valence-electron chi connectivity index (χ3n) is 2.79. The second-order valence-corrected chi connectivity index (χ2v) is 9.15. The summed E-state index contributed by atoms with van der Waals surface area (Å²) < 4.78 is 122. The van der Waals surface area contributed by atoms with Gasteiger partial charge in [-0.25, -0.2) is 22.0 Å². The van der Waals surface area contributed by atoms with Gasteiger partial charge in [0, 0.05) is 43.7 Å². The summed E-state index contributed by atoms with van der Waals surface area (Å²) in [5, 5.41) is 7.72. The Morgan fingerprint density at radius 1 is 1.70 bits per heavy atom. The van der Waals surface area contributed by atoms with Crippen molar-refractivity contribution in [3.8, 4) is 0 Å². The van der Waals surface area contributed by atoms with E-state index in [9.17, 15) is 16.8 Å². The van der Waals surface area contributed by atoms with Gasteiger partial charge in [-0.15, -0.1) is 11.3 Å². The molecular formula is C12H21N3O5S3. The fourth-order valence-electron chi connectivity index (χ4n) is 1.88. The summed E-state index contributed by atoms with van der Waals surface area (Å²) in [6.45, 7) is -8.00. The molecule has 11 heteroatoms. The largest absolute Gasteiger partial charge is 0.385 e. The Bertz CT molecular complexity index is 1090. The Morgan fingerprint density at radius 3 is 3.04 bits per heavy atom. The first-order valence-electron chi connectivity index (χ1n) is 10.7. The van der Waals surface area contributed by atoms with E-state index < -0.39 is 67.5 Å². The SMILES string of the molecule is [2H]C([2H])([2H])OC([2H])([2H])CC([2H])([2H])N1C([2H])([2H])[C@H](NCC)c2cc(S(N)(=O)=O)sc2S1(=O)=O. The van der Waals surface area contributed by atoms with Crippen molar-refractivity contribution in [2.24, 2.45) is 5.14 Å². The normalized spacial score (nSPS) is 31.0. The first-order valence-corrected chi connectivity index (χ1v) is 10.0. The fourth-order valence-corrected chi connectivity index (χ4v) is 5.74. The number of sulfonamides is 2. The van der Waals surface area contributed by atoms with Crippen LogP contribution in [-0.4, -0.2) is 54.3 Å². The first kappa shape index (κ1) is 9.80. The van der Waals surface area contributed by atoms with E-state index in [-0.39, 0.29) is 27.8 Å². The number of primary sulfonamides is 1. The number of hydrogen-bond donors (Lipinski definition) is 2. The van der Waals surface area contributed by atoms with Crippen molar-refractivity contribution < 1.29 is 33.9 Å².